The molecule has 0 aliphatic heterocycles. The third-order valence-corrected chi connectivity index (χ3v) is 5.43. The zero-order chi connectivity index (χ0) is 16.9. The predicted octanol–water partition coefficient (Wildman–Crippen LogP) is 2.42. The Bertz CT molecular complexity index is 805. The summed E-state index contributed by atoms with van der Waals surface area (Å²) in [5.41, 5.74) is 0. The number of benzene rings is 2. The number of methoxy groups -OCH3 is 1. The van der Waals surface area contributed by atoms with E-state index in [1.165, 1.54) is 7.11 Å². The molecule has 0 amide bonds. The number of halogens is 1. The van der Waals surface area contributed by atoms with Gasteiger partial charge in [0.15, 0.2) is 9.84 Å². The van der Waals surface area contributed by atoms with Crippen LogP contribution in [0.15, 0.2) is 41.3 Å². The van der Waals surface area contributed by atoms with E-state index in [4.69, 9.17) is 11.6 Å². The summed E-state index contributed by atoms with van der Waals surface area (Å²) in [7, 11) is -2.05. The third-order valence-electron chi connectivity index (χ3n) is 3.40. The van der Waals surface area contributed by atoms with Gasteiger partial charge in [0, 0.05) is 5.02 Å². The average Bonchev–Trinajstić information content (AvgIpc) is 2.53. The summed E-state index contributed by atoms with van der Waals surface area (Å²) in [5.74, 6) is -0.360. The van der Waals surface area contributed by atoms with E-state index in [1.807, 2.05) is 0 Å². The second-order valence-corrected chi connectivity index (χ2v) is 7.62. The minimum Gasteiger partial charge on any atom is -0.468 e. The Morgan fingerprint density at radius 2 is 1.87 bits per heavy atom. The summed E-state index contributed by atoms with van der Waals surface area (Å²) in [6.07, 6.45) is 0.415. The monoisotopic (exact) mass is 355 g/mol. The first-order chi connectivity index (χ1) is 10.9. The average molecular weight is 356 g/mol. The van der Waals surface area contributed by atoms with Crippen molar-refractivity contribution in [1.29, 1.82) is 0 Å². The fourth-order valence-corrected chi connectivity index (χ4v) is 3.68. The van der Waals surface area contributed by atoms with Crippen molar-refractivity contribution in [3.8, 4) is 0 Å². The molecule has 0 aromatic heterocycles. The van der Waals surface area contributed by atoms with Crippen molar-refractivity contribution in [2.75, 3.05) is 26.0 Å². The Balaban J connectivity index is 1.99. The lowest BCUT2D eigenvalue weighted by atomic mass is 10.1. The van der Waals surface area contributed by atoms with Crippen molar-refractivity contribution < 1.29 is 17.9 Å². The van der Waals surface area contributed by atoms with Gasteiger partial charge in [0.2, 0.25) is 0 Å². The van der Waals surface area contributed by atoms with Gasteiger partial charge in [-0.1, -0.05) is 23.7 Å². The molecule has 23 heavy (non-hydrogen) atoms. The predicted molar refractivity (Wildman–Crippen MR) is 90.5 cm³/mol. The number of rotatable bonds is 7. The van der Waals surface area contributed by atoms with Crippen molar-refractivity contribution in [2.24, 2.45) is 0 Å². The van der Waals surface area contributed by atoms with Crippen molar-refractivity contribution in [3.63, 3.8) is 0 Å². The number of carbonyl (C=O) groups excluding carboxylic acids is 1. The molecule has 0 saturated carbocycles. The molecule has 0 bridgehead atoms. The standard InChI is InChI=1S/C16H18ClNO4S/c1-22-16(19)11-18-7-2-8-23(20,21)15-6-4-12-9-14(17)5-3-13(12)10-15/h3-6,9-10,18H,2,7-8,11H2,1H3. The van der Waals surface area contributed by atoms with E-state index in [2.05, 4.69) is 10.1 Å². The van der Waals surface area contributed by atoms with Crippen LogP contribution in [0.2, 0.25) is 5.02 Å². The molecule has 2 aromatic carbocycles. The number of ether oxygens (including phenoxy) is 1. The topological polar surface area (TPSA) is 72.5 Å². The molecule has 0 atom stereocenters. The molecule has 2 rings (SSSR count). The first-order valence-corrected chi connectivity index (χ1v) is 9.15. The van der Waals surface area contributed by atoms with E-state index < -0.39 is 9.84 Å². The number of hydrogen-bond acceptors (Lipinski definition) is 5. The molecule has 0 heterocycles. The van der Waals surface area contributed by atoms with Crippen molar-refractivity contribution >= 4 is 38.2 Å². The Morgan fingerprint density at radius 3 is 2.61 bits per heavy atom. The highest BCUT2D eigenvalue weighted by molar-refractivity contribution is 7.91. The van der Waals surface area contributed by atoms with Gasteiger partial charge in [-0.15, -0.1) is 0 Å². The number of fused-ring (bicyclic) bond motifs is 1. The van der Waals surface area contributed by atoms with Crippen LogP contribution in [0.4, 0.5) is 0 Å². The minimum atomic E-state index is -3.36. The van der Waals surface area contributed by atoms with Crippen LogP contribution in [0.1, 0.15) is 6.42 Å². The maximum Gasteiger partial charge on any atom is 0.319 e. The van der Waals surface area contributed by atoms with Crippen LogP contribution in [0.25, 0.3) is 10.8 Å². The van der Waals surface area contributed by atoms with Crippen LogP contribution in [-0.2, 0) is 19.4 Å². The van der Waals surface area contributed by atoms with Crippen molar-refractivity contribution in [1.82, 2.24) is 5.32 Å². The summed E-state index contributed by atoms with van der Waals surface area (Å²) in [4.78, 5) is 11.2. The molecule has 0 radical (unpaired) electrons. The smallest absolute Gasteiger partial charge is 0.319 e. The molecule has 5 nitrogen and oxygen atoms in total. The zero-order valence-electron chi connectivity index (χ0n) is 12.7. The molecular formula is C16H18ClNO4S. The molecule has 0 unspecified atom stereocenters. The minimum absolute atomic E-state index is 0.0142. The Morgan fingerprint density at radius 1 is 1.17 bits per heavy atom. The van der Waals surface area contributed by atoms with Gasteiger partial charge < -0.3 is 10.1 Å². The highest BCUT2D eigenvalue weighted by atomic mass is 35.5. The summed E-state index contributed by atoms with van der Waals surface area (Å²) < 4.78 is 29.2. The van der Waals surface area contributed by atoms with Crippen LogP contribution in [0.5, 0.6) is 0 Å². The second-order valence-electron chi connectivity index (χ2n) is 5.08. The highest BCUT2D eigenvalue weighted by Gasteiger charge is 2.14. The van der Waals surface area contributed by atoms with Crippen LogP contribution in [0.3, 0.4) is 0 Å². The fourth-order valence-electron chi connectivity index (χ4n) is 2.16. The second kappa shape index (κ2) is 7.77. The van der Waals surface area contributed by atoms with Crippen LogP contribution >= 0.6 is 11.6 Å². The number of esters is 1. The van der Waals surface area contributed by atoms with Gasteiger partial charge in [-0.25, -0.2) is 8.42 Å². The largest absolute Gasteiger partial charge is 0.468 e. The van der Waals surface area contributed by atoms with E-state index in [-0.39, 0.29) is 18.3 Å². The van der Waals surface area contributed by atoms with Gasteiger partial charge in [0.05, 0.1) is 24.3 Å². The molecule has 1 N–H and O–H groups in total. The molecule has 2 aromatic rings. The van der Waals surface area contributed by atoms with E-state index in [0.717, 1.165) is 10.8 Å². The lowest BCUT2D eigenvalue weighted by Crippen LogP contribution is -2.26. The first kappa shape index (κ1) is 17.7. The van der Waals surface area contributed by atoms with E-state index in [0.29, 0.717) is 22.9 Å². The molecule has 0 aliphatic carbocycles. The van der Waals surface area contributed by atoms with E-state index >= 15 is 0 Å². The van der Waals surface area contributed by atoms with Gasteiger partial charge in [-0.3, -0.25) is 4.79 Å². The number of carbonyl (C=O) groups is 1. The van der Waals surface area contributed by atoms with E-state index in [1.54, 1.807) is 36.4 Å². The number of nitrogens with one attached hydrogen (secondary N) is 1. The molecule has 124 valence electrons. The van der Waals surface area contributed by atoms with Crippen molar-refractivity contribution in [3.05, 3.63) is 41.4 Å². The highest BCUT2D eigenvalue weighted by Crippen LogP contribution is 2.23. The molecule has 0 fully saturated rings. The maximum absolute atomic E-state index is 12.4. The molecule has 0 aliphatic rings. The van der Waals surface area contributed by atoms with Crippen LogP contribution < -0.4 is 5.32 Å². The first-order valence-electron chi connectivity index (χ1n) is 7.12. The summed E-state index contributed by atoms with van der Waals surface area (Å²) in [6.45, 7) is 0.505. The molecule has 0 saturated heterocycles. The SMILES string of the molecule is COC(=O)CNCCCS(=O)(=O)c1ccc2cc(Cl)ccc2c1. The van der Waals surface area contributed by atoms with Crippen LogP contribution in [0, 0.1) is 0 Å². The number of hydrogen-bond donors (Lipinski definition) is 1. The molecule has 0 spiro atoms. The summed E-state index contributed by atoms with van der Waals surface area (Å²) in [6, 6.07) is 10.3. The Hall–Kier alpha value is -1.63. The normalized spacial score (nSPS) is 11.6. The summed E-state index contributed by atoms with van der Waals surface area (Å²) >= 11 is 5.92. The van der Waals surface area contributed by atoms with Gasteiger partial charge in [0.1, 0.15) is 0 Å². The van der Waals surface area contributed by atoms with E-state index in [9.17, 15) is 13.2 Å². The quantitative estimate of drug-likeness (QED) is 0.610. The maximum atomic E-state index is 12.4. The zero-order valence-corrected chi connectivity index (χ0v) is 14.3. The fraction of sp³-hybridized carbons (Fsp3) is 0.312. The van der Waals surface area contributed by atoms with Crippen molar-refractivity contribution in [2.45, 2.75) is 11.3 Å². The lowest BCUT2D eigenvalue weighted by Gasteiger charge is -2.07. The lowest BCUT2D eigenvalue weighted by molar-refractivity contribution is -0.139. The van der Waals surface area contributed by atoms with Gasteiger partial charge in [-0.05, 0) is 48.0 Å². The van der Waals surface area contributed by atoms with Gasteiger partial charge in [-0.2, -0.15) is 0 Å². The third kappa shape index (κ3) is 4.92. The van der Waals surface area contributed by atoms with Gasteiger partial charge in [0.25, 0.3) is 0 Å². The summed E-state index contributed by atoms with van der Waals surface area (Å²) in [5, 5.41) is 5.19. The molecule has 7 heteroatoms. The van der Waals surface area contributed by atoms with Crippen LogP contribution in [-0.4, -0.2) is 40.3 Å². The Labute approximate surface area is 140 Å². The Kier molecular flexibility index (Phi) is 5.98. The van der Waals surface area contributed by atoms with Gasteiger partial charge >= 0.3 is 5.97 Å². The molecular weight excluding hydrogens is 338 g/mol. The number of sulfone groups is 1.